The summed E-state index contributed by atoms with van der Waals surface area (Å²) < 4.78 is 0. The van der Waals surface area contributed by atoms with Gasteiger partial charge in [-0.3, -0.25) is 0 Å². The molecule has 0 spiro atoms. The van der Waals surface area contributed by atoms with Gasteiger partial charge in [-0.1, -0.05) is 59.7 Å². The van der Waals surface area contributed by atoms with Crippen molar-refractivity contribution < 1.29 is 0 Å². The Kier molecular flexibility index (Phi) is 5.62. The number of rotatable bonds is 6. The van der Waals surface area contributed by atoms with Crippen molar-refractivity contribution in [2.24, 2.45) is 0 Å². The molecule has 3 rings (SSSR count). The maximum atomic E-state index is 2.28. The Hall–Kier alpha value is -2.74. The molecular weight excluding hydrogens is 316 g/mol. The molecule has 26 heavy (non-hydrogen) atoms. The van der Waals surface area contributed by atoms with Gasteiger partial charge in [0.1, 0.15) is 0 Å². The fourth-order valence-electron chi connectivity index (χ4n) is 3.08. The summed E-state index contributed by atoms with van der Waals surface area (Å²) in [6.45, 7) is 6.07. The molecule has 0 aliphatic rings. The van der Waals surface area contributed by atoms with E-state index in [1.54, 1.807) is 0 Å². The third-order valence-corrected chi connectivity index (χ3v) is 4.81. The number of nitrogens with zero attached hydrogens (tertiary/aromatic N) is 2. The van der Waals surface area contributed by atoms with E-state index in [4.69, 9.17) is 0 Å². The van der Waals surface area contributed by atoms with Crippen LogP contribution in [0.1, 0.15) is 22.3 Å². The Bertz CT molecular complexity index is 745. The summed E-state index contributed by atoms with van der Waals surface area (Å²) >= 11 is 0. The van der Waals surface area contributed by atoms with Gasteiger partial charge in [0.15, 0.2) is 0 Å². The summed E-state index contributed by atoms with van der Waals surface area (Å²) in [5, 5.41) is 0. The standard InChI is InChI=1S/C24H28N2/c1-19-5-13-23(14-6-19)25(3)17-21-9-11-22(12-10-21)18-26(4)24-15-7-20(2)8-16-24/h5-16H,17-18H2,1-4H3. The average molecular weight is 345 g/mol. The average Bonchev–Trinajstić information content (AvgIpc) is 2.64. The molecule has 0 N–H and O–H groups in total. The van der Waals surface area contributed by atoms with E-state index < -0.39 is 0 Å². The maximum absolute atomic E-state index is 2.28. The first-order chi connectivity index (χ1) is 12.5. The second kappa shape index (κ2) is 8.09. The summed E-state index contributed by atoms with van der Waals surface area (Å²) in [6.07, 6.45) is 0. The maximum Gasteiger partial charge on any atom is 0.0426 e. The lowest BCUT2D eigenvalue weighted by atomic mass is 10.1. The zero-order valence-electron chi connectivity index (χ0n) is 16.2. The molecule has 0 heterocycles. The van der Waals surface area contributed by atoms with Crippen LogP contribution in [0.25, 0.3) is 0 Å². The van der Waals surface area contributed by atoms with Crippen LogP contribution in [0, 0.1) is 13.8 Å². The molecule has 2 heteroatoms. The zero-order chi connectivity index (χ0) is 18.5. The highest BCUT2D eigenvalue weighted by atomic mass is 15.1. The molecule has 3 aromatic carbocycles. The molecule has 0 saturated heterocycles. The predicted octanol–water partition coefficient (Wildman–Crippen LogP) is 5.58. The van der Waals surface area contributed by atoms with Gasteiger partial charge in [0, 0.05) is 38.6 Å². The minimum absolute atomic E-state index is 0.914. The molecule has 0 unspecified atom stereocenters. The van der Waals surface area contributed by atoms with E-state index in [0.717, 1.165) is 13.1 Å². The van der Waals surface area contributed by atoms with Crippen molar-refractivity contribution in [1.82, 2.24) is 0 Å². The van der Waals surface area contributed by atoms with Crippen molar-refractivity contribution in [2.75, 3.05) is 23.9 Å². The summed E-state index contributed by atoms with van der Waals surface area (Å²) in [5.74, 6) is 0. The van der Waals surface area contributed by atoms with Crippen molar-refractivity contribution in [3.05, 3.63) is 95.1 Å². The van der Waals surface area contributed by atoms with Crippen molar-refractivity contribution in [3.8, 4) is 0 Å². The fourth-order valence-corrected chi connectivity index (χ4v) is 3.08. The third-order valence-electron chi connectivity index (χ3n) is 4.81. The Morgan fingerprint density at radius 2 is 0.808 bits per heavy atom. The molecule has 2 nitrogen and oxygen atoms in total. The molecule has 0 aliphatic carbocycles. The highest BCUT2D eigenvalue weighted by Crippen LogP contribution is 2.19. The van der Waals surface area contributed by atoms with E-state index in [2.05, 4.69) is 111 Å². The van der Waals surface area contributed by atoms with E-state index in [1.807, 2.05) is 0 Å². The van der Waals surface area contributed by atoms with Gasteiger partial charge in [-0.15, -0.1) is 0 Å². The molecular formula is C24H28N2. The Labute approximate surface area is 157 Å². The predicted molar refractivity (Wildman–Crippen MR) is 113 cm³/mol. The summed E-state index contributed by atoms with van der Waals surface area (Å²) in [4.78, 5) is 4.57. The number of benzene rings is 3. The molecule has 3 aromatic rings. The van der Waals surface area contributed by atoms with Gasteiger partial charge in [0.25, 0.3) is 0 Å². The molecule has 0 saturated carbocycles. The molecule has 0 aliphatic heterocycles. The molecule has 0 radical (unpaired) electrons. The van der Waals surface area contributed by atoms with Crippen LogP contribution in [-0.2, 0) is 13.1 Å². The van der Waals surface area contributed by atoms with Crippen LogP contribution in [0.4, 0.5) is 11.4 Å². The monoisotopic (exact) mass is 344 g/mol. The number of anilines is 2. The number of hydrogen-bond acceptors (Lipinski definition) is 2. The van der Waals surface area contributed by atoms with Crippen molar-refractivity contribution in [3.63, 3.8) is 0 Å². The second-order valence-electron chi connectivity index (χ2n) is 7.20. The summed E-state index contributed by atoms with van der Waals surface area (Å²) in [7, 11) is 4.29. The van der Waals surface area contributed by atoms with Crippen molar-refractivity contribution in [1.29, 1.82) is 0 Å². The van der Waals surface area contributed by atoms with Crippen LogP contribution in [0.15, 0.2) is 72.8 Å². The first kappa shape index (κ1) is 18.1. The quantitative estimate of drug-likeness (QED) is 0.576. The first-order valence-electron chi connectivity index (χ1n) is 9.15. The summed E-state index contributed by atoms with van der Waals surface area (Å²) in [5.41, 5.74) is 7.75. The van der Waals surface area contributed by atoms with Crippen LogP contribution < -0.4 is 9.80 Å². The molecule has 0 aromatic heterocycles. The Morgan fingerprint density at radius 3 is 1.12 bits per heavy atom. The van der Waals surface area contributed by atoms with Crippen LogP contribution in [0.2, 0.25) is 0 Å². The van der Waals surface area contributed by atoms with E-state index >= 15 is 0 Å². The Balaban J connectivity index is 1.61. The third kappa shape index (κ3) is 4.66. The van der Waals surface area contributed by atoms with Gasteiger partial charge >= 0.3 is 0 Å². The van der Waals surface area contributed by atoms with E-state index in [1.165, 1.54) is 33.6 Å². The zero-order valence-corrected chi connectivity index (χ0v) is 16.2. The molecule has 0 amide bonds. The van der Waals surface area contributed by atoms with Gasteiger partial charge in [-0.2, -0.15) is 0 Å². The van der Waals surface area contributed by atoms with Gasteiger partial charge in [0.05, 0.1) is 0 Å². The lowest BCUT2D eigenvalue weighted by Crippen LogP contribution is -2.17. The van der Waals surface area contributed by atoms with E-state index in [0.29, 0.717) is 0 Å². The van der Waals surface area contributed by atoms with Crippen molar-refractivity contribution >= 4 is 11.4 Å². The topological polar surface area (TPSA) is 6.48 Å². The molecule has 0 atom stereocenters. The van der Waals surface area contributed by atoms with E-state index in [-0.39, 0.29) is 0 Å². The van der Waals surface area contributed by atoms with Crippen LogP contribution in [0.5, 0.6) is 0 Å². The molecule has 0 fully saturated rings. The minimum Gasteiger partial charge on any atom is -0.370 e. The lowest BCUT2D eigenvalue weighted by Gasteiger charge is -2.21. The number of hydrogen-bond donors (Lipinski definition) is 0. The first-order valence-corrected chi connectivity index (χ1v) is 9.15. The van der Waals surface area contributed by atoms with Crippen molar-refractivity contribution in [2.45, 2.75) is 26.9 Å². The van der Waals surface area contributed by atoms with Crippen LogP contribution >= 0.6 is 0 Å². The lowest BCUT2D eigenvalue weighted by molar-refractivity contribution is 0.905. The van der Waals surface area contributed by atoms with Gasteiger partial charge in [-0.05, 0) is 49.2 Å². The van der Waals surface area contributed by atoms with Gasteiger partial charge in [0.2, 0.25) is 0 Å². The molecule has 0 bridgehead atoms. The smallest absolute Gasteiger partial charge is 0.0426 e. The van der Waals surface area contributed by atoms with Crippen LogP contribution in [-0.4, -0.2) is 14.1 Å². The van der Waals surface area contributed by atoms with Crippen LogP contribution in [0.3, 0.4) is 0 Å². The van der Waals surface area contributed by atoms with E-state index in [9.17, 15) is 0 Å². The van der Waals surface area contributed by atoms with Gasteiger partial charge < -0.3 is 9.80 Å². The number of aryl methyl sites for hydroxylation is 2. The summed E-state index contributed by atoms with van der Waals surface area (Å²) in [6, 6.07) is 26.3. The SMILES string of the molecule is Cc1ccc(N(C)Cc2ccc(CN(C)c3ccc(C)cc3)cc2)cc1. The highest BCUT2D eigenvalue weighted by Gasteiger charge is 2.05. The molecule has 134 valence electrons. The highest BCUT2D eigenvalue weighted by molar-refractivity contribution is 5.48. The normalized spacial score (nSPS) is 10.6. The fraction of sp³-hybridized carbons (Fsp3) is 0.250. The Morgan fingerprint density at radius 1 is 0.500 bits per heavy atom. The minimum atomic E-state index is 0.914. The largest absolute Gasteiger partial charge is 0.370 e. The van der Waals surface area contributed by atoms with Gasteiger partial charge in [-0.25, -0.2) is 0 Å². The second-order valence-corrected chi connectivity index (χ2v) is 7.20.